The van der Waals surface area contributed by atoms with Crippen LogP contribution >= 0.6 is 0 Å². The first-order chi connectivity index (χ1) is 5.88. The van der Waals surface area contributed by atoms with Crippen LogP contribution in [0.1, 0.15) is 25.7 Å². The monoisotopic (exact) mass is 171 g/mol. The molecule has 2 saturated heterocycles. The second-order valence-electron chi connectivity index (χ2n) is 3.66. The quantitative estimate of drug-likeness (QED) is 0.302. The highest BCUT2D eigenvalue weighted by Gasteiger charge is 2.27. The van der Waals surface area contributed by atoms with Gasteiger partial charge in [-0.25, -0.2) is 9.48 Å². The molecule has 0 spiro atoms. The van der Waals surface area contributed by atoms with E-state index in [1.165, 1.54) is 0 Å². The Hall–Kier alpha value is -0.600. The molecule has 0 saturated carbocycles. The summed E-state index contributed by atoms with van der Waals surface area (Å²) >= 11 is 0. The van der Waals surface area contributed by atoms with Crippen LogP contribution in [0.4, 0.5) is 4.39 Å². The summed E-state index contributed by atoms with van der Waals surface area (Å²) in [6, 6.07) is 0. The van der Waals surface area contributed by atoms with Gasteiger partial charge >= 0.3 is 6.09 Å². The molecule has 2 fully saturated rings. The minimum Gasteiger partial charge on any atom is -0.236 e. The molecule has 0 aromatic heterocycles. The van der Waals surface area contributed by atoms with Crippen molar-refractivity contribution in [3.63, 3.8) is 0 Å². The Morgan fingerprint density at radius 3 is 2.17 bits per heavy atom. The molecule has 0 atom stereocenters. The third-order valence-corrected chi connectivity index (χ3v) is 2.73. The van der Waals surface area contributed by atoms with Crippen LogP contribution in [0.15, 0.2) is 0 Å². The minimum absolute atomic E-state index is 0.0324. The Balaban J connectivity index is 2.05. The van der Waals surface area contributed by atoms with Crippen LogP contribution in [0, 0.1) is 0 Å². The van der Waals surface area contributed by atoms with Gasteiger partial charge in [0, 0.05) is 0 Å². The van der Waals surface area contributed by atoms with Crippen molar-refractivity contribution in [2.45, 2.75) is 25.7 Å². The summed E-state index contributed by atoms with van der Waals surface area (Å²) in [7, 11) is 0. The Kier molecular flexibility index (Phi) is 2.28. The third kappa shape index (κ3) is 1.45. The average molecular weight is 171 g/mol. The lowest BCUT2D eigenvalue weighted by Gasteiger charge is -2.07. The van der Waals surface area contributed by atoms with Crippen LogP contribution in [0.5, 0.6) is 0 Å². The second kappa shape index (κ2) is 3.42. The number of rotatable bonds is 0. The van der Waals surface area contributed by atoms with Crippen molar-refractivity contribution in [2.24, 2.45) is 0 Å². The van der Waals surface area contributed by atoms with Gasteiger partial charge in [-0.3, -0.25) is 0 Å². The highest BCUT2D eigenvalue weighted by molar-refractivity contribution is 5.67. The van der Waals surface area contributed by atoms with Crippen molar-refractivity contribution in [1.29, 1.82) is 0 Å². The maximum absolute atomic E-state index is 13.6. The number of hydrogen-bond acceptors (Lipinski definition) is 0. The van der Waals surface area contributed by atoms with Crippen molar-refractivity contribution < 1.29 is 8.97 Å². The van der Waals surface area contributed by atoms with Crippen LogP contribution in [0.3, 0.4) is 0 Å². The molecule has 2 heterocycles. The smallest absolute Gasteiger partial charge is 0.236 e. The fourth-order valence-corrected chi connectivity index (χ4v) is 2.00. The SMILES string of the molecule is FC(N1CCCC1)=[N+]1CCCC1. The summed E-state index contributed by atoms with van der Waals surface area (Å²) < 4.78 is 15.5. The van der Waals surface area contributed by atoms with E-state index in [9.17, 15) is 4.39 Å². The Labute approximate surface area is 72.7 Å². The van der Waals surface area contributed by atoms with Crippen LogP contribution in [0.2, 0.25) is 0 Å². The van der Waals surface area contributed by atoms with Crippen LogP contribution < -0.4 is 0 Å². The number of nitrogens with zero attached hydrogens (tertiary/aromatic N) is 2. The van der Waals surface area contributed by atoms with Gasteiger partial charge in [-0.2, -0.15) is 0 Å². The number of likely N-dealkylation sites (tertiary alicyclic amines) is 1. The highest BCUT2D eigenvalue weighted by Crippen LogP contribution is 2.11. The lowest BCUT2D eigenvalue weighted by molar-refractivity contribution is -0.517. The van der Waals surface area contributed by atoms with E-state index in [1.54, 1.807) is 0 Å². The summed E-state index contributed by atoms with van der Waals surface area (Å²) in [5.74, 6) is 0. The molecule has 0 N–H and O–H groups in total. The van der Waals surface area contributed by atoms with Gasteiger partial charge in [0.25, 0.3) is 0 Å². The predicted octanol–water partition coefficient (Wildman–Crippen LogP) is 1.21. The Morgan fingerprint density at radius 2 is 1.58 bits per heavy atom. The van der Waals surface area contributed by atoms with E-state index in [1.807, 2.05) is 9.48 Å². The van der Waals surface area contributed by atoms with Crippen molar-refractivity contribution in [2.75, 3.05) is 26.2 Å². The van der Waals surface area contributed by atoms with Crippen molar-refractivity contribution in [3.8, 4) is 0 Å². The second-order valence-corrected chi connectivity index (χ2v) is 3.66. The number of amidine groups is 1. The molecule has 3 heteroatoms. The van der Waals surface area contributed by atoms with E-state index in [4.69, 9.17) is 0 Å². The molecular weight excluding hydrogens is 155 g/mol. The van der Waals surface area contributed by atoms with Gasteiger partial charge in [0.05, 0.1) is 26.2 Å². The molecule has 0 aromatic carbocycles. The fraction of sp³-hybridized carbons (Fsp3) is 0.889. The molecule has 0 aliphatic carbocycles. The largest absolute Gasteiger partial charge is 0.435 e. The molecule has 2 aliphatic rings. The van der Waals surface area contributed by atoms with Crippen LogP contribution in [-0.2, 0) is 0 Å². The summed E-state index contributed by atoms with van der Waals surface area (Å²) in [4.78, 5) is 1.88. The fourth-order valence-electron chi connectivity index (χ4n) is 2.00. The maximum atomic E-state index is 13.6. The standard InChI is InChI=1S/C9H16FN2/c10-9(11-5-1-2-6-11)12-7-3-4-8-12/h1-8H2/q+1. The Morgan fingerprint density at radius 1 is 1.00 bits per heavy atom. The van der Waals surface area contributed by atoms with Crippen molar-refractivity contribution >= 4 is 6.09 Å². The van der Waals surface area contributed by atoms with Gasteiger partial charge in [0.2, 0.25) is 0 Å². The third-order valence-electron chi connectivity index (χ3n) is 2.73. The molecular formula is C9H16FN2+. The van der Waals surface area contributed by atoms with E-state index in [0.717, 1.165) is 51.9 Å². The number of hydrogen-bond donors (Lipinski definition) is 0. The van der Waals surface area contributed by atoms with Gasteiger partial charge in [-0.15, -0.1) is 4.39 Å². The van der Waals surface area contributed by atoms with E-state index >= 15 is 0 Å². The molecule has 0 aromatic rings. The van der Waals surface area contributed by atoms with Crippen LogP contribution in [-0.4, -0.2) is 41.7 Å². The van der Waals surface area contributed by atoms with Crippen molar-refractivity contribution in [3.05, 3.63) is 0 Å². The van der Waals surface area contributed by atoms with Gasteiger partial charge in [-0.05, 0) is 25.7 Å². The minimum atomic E-state index is 0.0324. The normalized spacial score (nSPS) is 23.8. The van der Waals surface area contributed by atoms with Gasteiger partial charge < -0.3 is 0 Å². The average Bonchev–Trinajstić information content (AvgIpc) is 2.77. The molecule has 12 heavy (non-hydrogen) atoms. The van der Waals surface area contributed by atoms with Gasteiger partial charge in [-0.1, -0.05) is 0 Å². The summed E-state index contributed by atoms with van der Waals surface area (Å²) in [5.41, 5.74) is 0. The molecule has 0 radical (unpaired) electrons. The first-order valence-corrected chi connectivity index (χ1v) is 4.90. The lowest BCUT2D eigenvalue weighted by atomic mass is 10.4. The summed E-state index contributed by atoms with van der Waals surface area (Å²) in [5, 5.41) is 0. The topological polar surface area (TPSA) is 6.25 Å². The summed E-state index contributed by atoms with van der Waals surface area (Å²) in [6.45, 7) is 3.68. The zero-order valence-electron chi connectivity index (χ0n) is 7.43. The molecule has 0 bridgehead atoms. The number of halogens is 1. The lowest BCUT2D eigenvalue weighted by Crippen LogP contribution is -2.32. The molecule has 0 unspecified atom stereocenters. The highest BCUT2D eigenvalue weighted by atomic mass is 19.1. The first-order valence-electron chi connectivity index (χ1n) is 4.90. The first kappa shape index (κ1) is 8.02. The van der Waals surface area contributed by atoms with Crippen LogP contribution in [0.25, 0.3) is 0 Å². The van der Waals surface area contributed by atoms with Gasteiger partial charge in [0.1, 0.15) is 0 Å². The van der Waals surface area contributed by atoms with E-state index in [2.05, 4.69) is 0 Å². The zero-order valence-corrected chi connectivity index (χ0v) is 7.43. The van der Waals surface area contributed by atoms with E-state index < -0.39 is 0 Å². The molecule has 2 aliphatic heterocycles. The Bertz CT molecular complexity index is 187. The molecule has 0 amide bonds. The predicted molar refractivity (Wildman–Crippen MR) is 46.2 cm³/mol. The zero-order chi connectivity index (χ0) is 8.39. The maximum Gasteiger partial charge on any atom is 0.435 e. The van der Waals surface area contributed by atoms with E-state index in [-0.39, 0.29) is 6.09 Å². The summed E-state index contributed by atoms with van der Waals surface area (Å²) in [6.07, 6.45) is 4.65. The molecule has 68 valence electrons. The van der Waals surface area contributed by atoms with Crippen molar-refractivity contribution in [1.82, 2.24) is 4.90 Å². The van der Waals surface area contributed by atoms with Gasteiger partial charge in [0.15, 0.2) is 0 Å². The van der Waals surface area contributed by atoms with E-state index in [0.29, 0.717) is 0 Å². The molecule has 2 rings (SSSR count). The molecule has 2 nitrogen and oxygen atoms in total.